The Morgan fingerprint density at radius 1 is 0.960 bits per heavy atom. The molecule has 0 aromatic heterocycles. The van der Waals surface area contributed by atoms with Crippen LogP contribution in [0.25, 0.3) is 11.1 Å². The second-order valence-electron chi connectivity index (χ2n) is 8.27. The molecule has 130 valence electrons. The highest BCUT2D eigenvalue weighted by molar-refractivity contribution is 5.67. The summed E-state index contributed by atoms with van der Waals surface area (Å²) in [6.07, 6.45) is 7.70. The highest BCUT2D eigenvalue weighted by Crippen LogP contribution is 2.43. The number of ether oxygens (including phenoxy) is 1. The van der Waals surface area contributed by atoms with Crippen LogP contribution in [-0.2, 0) is 6.42 Å². The number of hydrogen-bond acceptors (Lipinski definition) is 2. The first-order chi connectivity index (χ1) is 12.2. The maximum atomic E-state index is 6.57. The molecule has 0 atom stereocenters. The molecule has 0 radical (unpaired) electrons. The molecule has 1 saturated carbocycles. The normalized spacial score (nSPS) is 22.4. The van der Waals surface area contributed by atoms with Crippen LogP contribution in [0.3, 0.4) is 0 Å². The van der Waals surface area contributed by atoms with Crippen molar-refractivity contribution in [3.63, 3.8) is 0 Å². The fraction of sp³-hybridized carbons (Fsp3) is 0.478. The summed E-state index contributed by atoms with van der Waals surface area (Å²) < 4.78 is 6.57. The van der Waals surface area contributed by atoms with Gasteiger partial charge in [-0.15, -0.1) is 0 Å². The highest BCUT2D eigenvalue weighted by atomic mass is 16.5. The first-order valence-electron chi connectivity index (χ1n) is 9.84. The Labute approximate surface area is 150 Å². The third-order valence-electron chi connectivity index (χ3n) is 6.59. The number of likely N-dealkylation sites (tertiary alicyclic amines) is 1. The first kappa shape index (κ1) is 15.5. The maximum absolute atomic E-state index is 6.57. The van der Waals surface area contributed by atoms with Gasteiger partial charge in [0.1, 0.15) is 11.4 Å². The van der Waals surface area contributed by atoms with E-state index in [4.69, 9.17) is 4.74 Å². The molecule has 1 spiro atoms. The van der Waals surface area contributed by atoms with Crippen molar-refractivity contribution in [2.75, 3.05) is 13.1 Å². The number of fused-ring (bicyclic) bond motifs is 1. The van der Waals surface area contributed by atoms with E-state index >= 15 is 0 Å². The molecule has 2 heteroatoms. The van der Waals surface area contributed by atoms with Gasteiger partial charge in [-0.05, 0) is 42.5 Å². The molecule has 0 amide bonds. The summed E-state index contributed by atoms with van der Waals surface area (Å²) in [6, 6.07) is 16.5. The molecule has 1 saturated heterocycles. The zero-order valence-electron chi connectivity index (χ0n) is 15.1. The molecule has 2 fully saturated rings. The van der Waals surface area contributed by atoms with Crippen LogP contribution in [0.1, 0.15) is 43.2 Å². The van der Waals surface area contributed by atoms with E-state index in [1.807, 2.05) is 0 Å². The van der Waals surface area contributed by atoms with Gasteiger partial charge in [0.15, 0.2) is 0 Å². The zero-order chi connectivity index (χ0) is 16.9. The Kier molecular flexibility index (Phi) is 3.63. The van der Waals surface area contributed by atoms with E-state index in [0.717, 1.165) is 18.2 Å². The smallest absolute Gasteiger partial charge is 0.124 e. The Morgan fingerprint density at radius 3 is 2.36 bits per heavy atom. The fourth-order valence-electron chi connectivity index (χ4n) is 4.66. The summed E-state index contributed by atoms with van der Waals surface area (Å²) in [7, 11) is 0. The molecular formula is C23H27NO. The number of piperidine rings is 1. The van der Waals surface area contributed by atoms with Crippen LogP contribution in [0.4, 0.5) is 0 Å². The molecule has 3 aliphatic rings. The van der Waals surface area contributed by atoms with Crippen LogP contribution >= 0.6 is 0 Å². The lowest BCUT2D eigenvalue weighted by Crippen LogP contribution is -2.52. The van der Waals surface area contributed by atoms with Crippen molar-refractivity contribution in [3.8, 4) is 16.9 Å². The monoisotopic (exact) mass is 333 g/mol. The van der Waals surface area contributed by atoms with Crippen LogP contribution < -0.4 is 4.74 Å². The van der Waals surface area contributed by atoms with Gasteiger partial charge in [-0.25, -0.2) is 0 Å². The summed E-state index contributed by atoms with van der Waals surface area (Å²) in [5.41, 5.74) is 5.31. The van der Waals surface area contributed by atoms with Crippen molar-refractivity contribution >= 4 is 0 Å². The molecule has 0 unspecified atom stereocenters. The number of benzene rings is 2. The predicted molar refractivity (Wildman–Crippen MR) is 102 cm³/mol. The molecule has 25 heavy (non-hydrogen) atoms. The summed E-state index contributed by atoms with van der Waals surface area (Å²) >= 11 is 0. The van der Waals surface area contributed by atoms with Crippen molar-refractivity contribution in [2.24, 2.45) is 0 Å². The largest absolute Gasteiger partial charge is 0.487 e. The van der Waals surface area contributed by atoms with Gasteiger partial charge in [-0.3, -0.25) is 0 Å². The minimum atomic E-state index is 0.0640. The number of rotatable bonds is 2. The van der Waals surface area contributed by atoms with Crippen LogP contribution in [0.5, 0.6) is 5.75 Å². The number of aryl methyl sites for hydroxylation is 1. The van der Waals surface area contributed by atoms with Gasteiger partial charge in [0, 0.05) is 38.4 Å². The van der Waals surface area contributed by atoms with Gasteiger partial charge in [0.05, 0.1) is 0 Å². The first-order valence-corrected chi connectivity index (χ1v) is 9.84. The van der Waals surface area contributed by atoms with Gasteiger partial charge in [0.2, 0.25) is 0 Å². The SMILES string of the molecule is Cc1ccc(-c2ccc3c(c2)OC2(CCN(C4CCC4)CC2)C3)cc1. The van der Waals surface area contributed by atoms with E-state index in [-0.39, 0.29) is 5.60 Å². The van der Waals surface area contributed by atoms with E-state index in [1.54, 1.807) is 0 Å². The lowest BCUT2D eigenvalue weighted by Gasteiger charge is -2.45. The fourth-order valence-corrected chi connectivity index (χ4v) is 4.66. The molecule has 2 heterocycles. The summed E-state index contributed by atoms with van der Waals surface area (Å²) in [4.78, 5) is 2.71. The Bertz CT molecular complexity index is 767. The van der Waals surface area contributed by atoms with Crippen molar-refractivity contribution in [3.05, 3.63) is 53.6 Å². The second-order valence-corrected chi connectivity index (χ2v) is 8.27. The lowest BCUT2D eigenvalue weighted by molar-refractivity contribution is -0.00745. The molecule has 0 N–H and O–H groups in total. The van der Waals surface area contributed by atoms with Gasteiger partial charge < -0.3 is 9.64 Å². The standard InChI is InChI=1S/C23H27NO/c1-17-5-7-18(8-6-17)19-9-10-20-16-23(25-22(20)15-19)11-13-24(14-12-23)21-3-2-4-21/h5-10,15,21H,2-4,11-14,16H2,1H3. The van der Waals surface area contributed by atoms with Crippen LogP contribution in [-0.4, -0.2) is 29.6 Å². The Hall–Kier alpha value is -1.80. The van der Waals surface area contributed by atoms with Gasteiger partial charge in [-0.1, -0.05) is 48.4 Å². The third-order valence-corrected chi connectivity index (χ3v) is 6.59. The Balaban J connectivity index is 1.33. The van der Waals surface area contributed by atoms with Crippen molar-refractivity contribution in [1.29, 1.82) is 0 Å². The predicted octanol–water partition coefficient (Wildman–Crippen LogP) is 4.98. The van der Waals surface area contributed by atoms with E-state index < -0.39 is 0 Å². The topological polar surface area (TPSA) is 12.5 Å². The summed E-state index contributed by atoms with van der Waals surface area (Å²) in [6.45, 7) is 4.56. The molecule has 0 bridgehead atoms. The van der Waals surface area contributed by atoms with Crippen molar-refractivity contribution in [1.82, 2.24) is 4.90 Å². The minimum Gasteiger partial charge on any atom is -0.487 e. The van der Waals surface area contributed by atoms with E-state index in [0.29, 0.717) is 0 Å². The van der Waals surface area contributed by atoms with Crippen LogP contribution in [0, 0.1) is 6.92 Å². The quantitative estimate of drug-likeness (QED) is 0.768. The lowest BCUT2D eigenvalue weighted by atomic mass is 9.83. The molecule has 2 aliphatic heterocycles. The van der Waals surface area contributed by atoms with Crippen molar-refractivity contribution < 1.29 is 4.74 Å². The van der Waals surface area contributed by atoms with E-state index in [9.17, 15) is 0 Å². The Morgan fingerprint density at radius 2 is 1.68 bits per heavy atom. The molecule has 2 aromatic rings. The van der Waals surface area contributed by atoms with Gasteiger partial charge in [-0.2, -0.15) is 0 Å². The summed E-state index contributed by atoms with van der Waals surface area (Å²) in [5, 5.41) is 0. The molecule has 2 nitrogen and oxygen atoms in total. The molecule has 1 aliphatic carbocycles. The van der Waals surface area contributed by atoms with Gasteiger partial charge in [0.25, 0.3) is 0 Å². The second kappa shape index (κ2) is 5.88. The summed E-state index contributed by atoms with van der Waals surface area (Å²) in [5.74, 6) is 1.12. The number of nitrogens with zero attached hydrogens (tertiary/aromatic N) is 1. The molecule has 2 aromatic carbocycles. The van der Waals surface area contributed by atoms with Crippen molar-refractivity contribution in [2.45, 2.75) is 57.1 Å². The third kappa shape index (κ3) is 2.77. The highest BCUT2D eigenvalue weighted by Gasteiger charge is 2.43. The van der Waals surface area contributed by atoms with E-state index in [2.05, 4.69) is 54.3 Å². The number of hydrogen-bond donors (Lipinski definition) is 0. The average molecular weight is 333 g/mol. The van der Waals surface area contributed by atoms with Gasteiger partial charge >= 0.3 is 0 Å². The minimum absolute atomic E-state index is 0.0640. The van der Waals surface area contributed by atoms with Crippen LogP contribution in [0.15, 0.2) is 42.5 Å². The maximum Gasteiger partial charge on any atom is 0.124 e. The van der Waals surface area contributed by atoms with Crippen LogP contribution in [0.2, 0.25) is 0 Å². The molecular weight excluding hydrogens is 306 g/mol. The van der Waals surface area contributed by atoms with E-state index in [1.165, 1.54) is 67.4 Å². The average Bonchev–Trinajstić information content (AvgIpc) is 2.93. The zero-order valence-corrected chi connectivity index (χ0v) is 15.1. The molecule has 5 rings (SSSR count).